The fourth-order valence-corrected chi connectivity index (χ4v) is 2.69. The van der Waals surface area contributed by atoms with Crippen LogP contribution in [0, 0.1) is 5.92 Å². The van der Waals surface area contributed by atoms with Crippen molar-refractivity contribution in [1.29, 1.82) is 0 Å². The van der Waals surface area contributed by atoms with Crippen LogP contribution in [0.1, 0.15) is 51.0 Å². The van der Waals surface area contributed by atoms with Crippen LogP contribution in [-0.2, 0) is 6.42 Å². The fourth-order valence-electron chi connectivity index (χ4n) is 2.69. The number of hydrogen-bond acceptors (Lipinski definition) is 1. The lowest BCUT2D eigenvalue weighted by atomic mass is 10.1. The van der Waals surface area contributed by atoms with Crippen molar-refractivity contribution in [3.8, 4) is 0 Å². The highest BCUT2D eigenvalue weighted by atomic mass is 14.9. The van der Waals surface area contributed by atoms with Crippen LogP contribution in [0.4, 0.5) is 5.69 Å². The molecular weight excluding hydrogens is 206 g/mol. The van der Waals surface area contributed by atoms with Gasteiger partial charge in [0.25, 0.3) is 0 Å². The van der Waals surface area contributed by atoms with E-state index >= 15 is 0 Å². The molecule has 1 aromatic carbocycles. The molecule has 1 aromatic rings. The lowest BCUT2D eigenvalue weighted by Crippen LogP contribution is -2.10. The summed E-state index contributed by atoms with van der Waals surface area (Å²) >= 11 is 0. The van der Waals surface area contributed by atoms with Crippen LogP contribution in [0.3, 0.4) is 0 Å². The van der Waals surface area contributed by atoms with Gasteiger partial charge >= 0.3 is 0 Å². The van der Waals surface area contributed by atoms with Crippen molar-refractivity contribution in [3.05, 3.63) is 29.8 Å². The van der Waals surface area contributed by atoms with Gasteiger partial charge in [0, 0.05) is 12.2 Å². The Hall–Kier alpha value is -0.980. The SMILES string of the molecule is CCCCc1cccc(NCC2CCCC2)c1. The summed E-state index contributed by atoms with van der Waals surface area (Å²) in [4.78, 5) is 0. The highest BCUT2D eigenvalue weighted by Crippen LogP contribution is 2.25. The average Bonchev–Trinajstić information content (AvgIpc) is 2.87. The summed E-state index contributed by atoms with van der Waals surface area (Å²) in [5, 5.41) is 3.60. The maximum atomic E-state index is 3.60. The first-order valence-corrected chi connectivity index (χ1v) is 7.21. The normalized spacial score (nSPS) is 16.3. The van der Waals surface area contributed by atoms with Crippen LogP contribution in [0.15, 0.2) is 24.3 Å². The van der Waals surface area contributed by atoms with Crippen molar-refractivity contribution in [2.45, 2.75) is 51.9 Å². The largest absolute Gasteiger partial charge is 0.385 e. The van der Waals surface area contributed by atoms with Crippen molar-refractivity contribution >= 4 is 5.69 Å². The molecule has 0 atom stereocenters. The van der Waals surface area contributed by atoms with E-state index in [-0.39, 0.29) is 0 Å². The molecule has 0 aromatic heterocycles. The molecule has 1 saturated carbocycles. The van der Waals surface area contributed by atoms with Crippen molar-refractivity contribution in [3.63, 3.8) is 0 Å². The van der Waals surface area contributed by atoms with Crippen LogP contribution in [0.25, 0.3) is 0 Å². The van der Waals surface area contributed by atoms with Gasteiger partial charge in [-0.2, -0.15) is 0 Å². The van der Waals surface area contributed by atoms with Gasteiger partial charge in [0.05, 0.1) is 0 Å². The Bertz CT molecular complexity index is 326. The first-order valence-electron chi connectivity index (χ1n) is 7.21. The smallest absolute Gasteiger partial charge is 0.0343 e. The standard InChI is InChI=1S/C16H25N/c1-2-3-7-14-10-6-11-16(12-14)17-13-15-8-4-5-9-15/h6,10-12,15,17H,2-5,7-9,13H2,1H3. The Morgan fingerprint density at radius 1 is 1.24 bits per heavy atom. The molecule has 1 aliphatic carbocycles. The summed E-state index contributed by atoms with van der Waals surface area (Å²) in [6.07, 6.45) is 9.50. The molecule has 1 heteroatoms. The second kappa shape index (κ2) is 6.68. The Morgan fingerprint density at radius 3 is 2.82 bits per heavy atom. The van der Waals surface area contributed by atoms with E-state index in [0.717, 1.165) is 12.5 Å². The summed E-state index contributed by atoms with van der Waals surface area (Å²) in [6, 6.07) is 8.95. The Balaban J connectivity index is 1.82. The quantitative estimate of drug-likeness (QED) is 0.752. The molecule has 0 amide bonds. The molecule has 1 aliphatic rings. The van der Waals surface area contributed by atoms with Gasteiger partial charge in [0.1, 0.15) is 0 Å². The van der Waals surface area contributed by atoms with Gasteiger partial charge in [-0.25, -0.2) is 0 Å². The molecule has 1 fully saturated rings. The highest BCUT2D eigenvalue weighted by molar-refractivity contribution is 5.45. The van der Waals surface area contributed by atoms with Crippen molar-refractivity contribution in [2.75, 3.05) is 11.9 Å². The van der Waals surface area contributed by atoms with Crippen molar-refractivity contribution in [2.24, 2.45) is 5.92 Å². The zero-order valence-electron chi connectivity index (χ0n) is 11.0. The van der Waals surface area contributed by atoms with Gasteiger partial charge in [-0.05, 0) is 49.3 Å². The number of aryl methyl sites for hydroxylation is 1. The predicted molar refractivity (Wildman–Crippen MR) is 75.5 cm³/mol. The summed E-state index contributed by atoms with van der Waals surface area (Å²) in [6.45, 7) is 3.42. The summed E-state index contributed by atoms with van der Waals surface area (Å²) in [5.74, 6) is 0.911. The third-order valence-corrected chi connectivity index (χ3v) is 3.82. The van der Waals surface area contributed by atoms with Gasteiger partial charge in [-0.15, -0.1) is 0 Å². The van der Waals surface area contributed by atoms with E-state index in [0.29, 0.717) is 0 Å². The third-order valence-electron chi connectivity index (χ3n) is 3.82. The Kier molecular flexibility index (Phi) is 4.90. The number of benzene rings is 1. The second-order valence-electron chi connectivity index (χ2n) is 5.34. The zero-order chi connectivity index (χ0) is 11.9. The molecule has 1 N–H and O–H groups in total. The Labute approximate surface area is 106 Å². The molecule has 0 spiro atoms. The summed E-state index contributed by atoms with van der Waals surface area (Å²) in [5.41, 5.74) is 2.79. The molecule has 1 nitrogen and oxygen atoms in total. The van der Waals surface area contributed by atoms with Gasteiger partial charge in [-0.3, -0.25) is 0 Å². The average molecular weight is 231 g/mol. The van der Waals surface area contributed by atoms with Gasteiger partial charge in [0.15, 0.2) is 0 Å². The number of nitrogens with one attached hydrogen (secondary N) is 1. The van der Waals surface area contributed by atoms with E-state index in [1.54, 1.807) is 0 Å². The number of hydrogen-bond donors (Lipinski definition) is 1. The van der Waals surface area contributed by atoms with Crippen LogP contribution < -0.4 is 5.32 Å². The lowest BCUT2D eigenvalue weighted by Gasteiger charge is -2.12. The second-order valence-corrected chi connectivity index (χ2v) is 5.34. The minimum Gasteiger partial charge on any atom is -0.385 e. The van der Waals surface area contributed by atoms with Crippen LogP contribution in [-0.4, -0.2) is 6.54 Å². The van der Waals surface area contributed by atoms with Crippen LogP contribution in [0.2, 0.25) is 0 Å². The monoisotopic (exact) mass is 231 g/mol. The Morgan fingerprint density at radius 2 is 2.06 bits per heavy atom. The molecule has 0 heterocycles. The first kappa shape index (κ1) is 12.5. The molecule has 0 unspecified atom stereocenters. The lowest BCUT2D eigenvalue weighted by molar-refractivity contribution is 0.580. The number of anilines is 1. The third kappa shape index (κ3) is 4.07. The molecule has 2 rings (SSSR count). The van der Waals surface area contributed by atoms with Crippen molar-refractivity contribution in [1.82, 2.24) is 0 Å². The van der Waals surface area contributed by atoms with E-state index in [4.69, 9.17) is 0 Å². The van der Waals surface area contributed by atoms with Crippen molar-refractivity contribution < 1.29 is 0 Å². The summed E-state index contributed by atoms with van der Waals surface area (Å²) in [7, 11) is 0. The van der Waals surface area contributed by atoms with Crippen LogP contribution in [0.5, 0.6) is 0 Å². The molecule has 0 radical (unpaired) electrons. The molecule has 0 saturated heterocycles. The predicted octanol–water partition coefficient (Wildman–Crippen LogP) is 4.63. The maximum absolute atomic E-state index is 3.60. The minimum atomic E-state index is 0.911. The molecule has 94 valence electrons. The van der Waals surface area contributed by atoms with E-state index in [1.165, 1.54) is 56.2 Å². The minimum absolute atomic E-state index is 0.911. The number of rotatable bonds is 6. The van der Waals surface area contributed by atoms with E-state index in [1.807, 2.05) is 0 Å². The molecule has 17 heavy (non-hydrogen) atoms. The molecular formula is C16H25N. The van der Waals surface area contributed by atoms with E-state index in [9.17, 15) is 0 Å². The number of unbranched alkanes of at least 4 members (excludes halogenated alkanes) is 1. The maximum Gasteiger partial charge on any atom is 0.0343 e. The topological polar surface area (TPSA) is 12.0 Å². The molecule has 0 aliphatic heterocycles. The first-order chi connectivity index (χ1) is 8.38. The fraction of sp³-hybridized carbons (Fsp3) is 0.625. The van der Waals surface area contributed by atoms with Gasteiger partial charge < -0.3 is 5.32 Å². The van der Waals surface area contributed by atoms with Gasteiger partial charge in [-0.1, -0.05) is 38.3 Å². The van der Waals surface area contributed by atoms with Gasteiger partial charge in [0.2, 0.25) is 0 Å². The van der Waals surface area contributed by atoms with Crippen LogP contribution >= 0.6 is 0 Å². The molecule has 0 bridgehead atoms. The highest BCUT2D eigenvalue weighted by Gasteiger charge is 2.14. The van der Waals surface area contributed by atoms with E-state index in [2.05, 4.69) is 36.5 Å². The summed E-state index contributed by atoms with van der Waals surface area (Å²) < 4.78 is 0. The van der Waals surface area contributed by atoms with E-state index < -0.39 is 0 Å². The zero-order valence-corrected chi connectivity index (χ0v) is 11.0.